The Morgan fingerprint density at radius 3 is 2.56 bits per heavy atom. The van der Waals surface area contributed by atoms with Crippen molar-refractivity contribution in [3.8, 4) is 0 Å². The van der Waals surface area contributed by atoms with Crippen molar-refractivity contribution < 1.29 is 27.1 Å². The number of nitrogens with one attached hydrogen (secondary N) is 1. The van der Waals surface area contributed by atoms with Gasteiger partial charge in [-0.3, -0.25) is 14.5 Å². The maximum atomic E-state index is 12.7. The summed E-state index contributed by atoms with van der Waals surface area (Å²) in [6.45, 7) is 0. The number of hydrogen-bond donors (Lipinski definition) is 1. The van der Waals surface area contributed by atoms with Gasteiger partial charge in [0.1, 0.15) is 5.69 Å². The van der Waals surface area contributed by atoms with E-state index < -0.39 is 12.5 Å². The standard InChI is InChI=1S/C21H18F3N5O3/c22-21(23,24)32-12-5-11(6-12)17-28-29-18(31-17)19-8-20(9-19,10-19)27-16(30)15-7-25-13-3-1-2-4-14(13)26-15/h1-4,7,11-12H,5-6,8-10H2,(H,27,30). The summed E-state index contributed by atoms with van der Waals surface area (Å²) in [4.78, 5) is 21.3. The minimum Gasteiger partial charge on any atom is -0.424 e. The predicted octanol–water partition coefficient (Wildman–Crippen LogP) is 3.40. The minimum absolute atomic E-state index is 0.209. The molecule has 0 spiro atoms. The summed E-state index contributed by atoms with van der Waals surface area (Å²) < 4.78 is 46.6. The Balaban J connectivity index is 1.06. The third-order valence-corrected chi connectivity index (χ3v) is 6.73. The summed E-state index contributed by atoms with van der Waals surface area (Å²) in [7, 11) is 0. The molecule has 4 saturated carbocycles. The van der Waals surface area contributed by atoms with Crippen LogP contribution in [0.5, 0.6) is 0 Å². The molecule has 8 nitrogen and oxygen atoms in total. The van der Waals surface area contributed by atoms with E-state index in [9.17, 15) is 18.0 Å². The number of aromatic nitrogens is 4. The van der Waals surface area contributed by atoms with Gasteiger partial charge in [0, 0.05) is 11.5 Å². The number of fused-ring (bicyclic) bond motifs is 1. The lowest BCUT2D eigenvalue weighted by molar-refractivity contribution is -0.352. The Bertz CT molecular complexity index is 1200. The van der Waals surface area contributed by atoms with Gasteiger partial charge in [-0.05, 0) is 44.2 Å². The zero-order valence-corrected chi connectivity index (χ0v) is 16.7. The zero-order valence-electron chi connectivity index (χ0n) is 16.7. The number of para-hydroxylation sites is 2. The quantitative estimate of drug-likeness (QED) is 0.642. The highest BCUT2D eigenvalue weighted by Gasteiger charge is 2.72. The van der Waals surface area contributed by atoms with Gasteiger partial charge in [-0.2, -0.15) is 0 Å². The topological polar surface area (TPSA) is 103 Å². The van der Waals surface area contributed by atoms with Gasteiger partial charge >= 0.3 is 6.36 Å². The average molecular weight is 445 g/mol. The van der Waals surface area contributed by atoms with E-state index in [1.807, 2.05) is 24.3 Å². The number of rotatable bonds is 5. The molecule has 4 aliphatic carbocycles. The Kier molecular flexibility index (Phi) is 3.96. The lowest BCUT2D eigenvalue weighted by Crippen LogP contribution is -2.76. The first-order valence-corrected chi connectivity index (χ1v) is 10.4. The van der Waals surface area contributed by atoms with Crippen LogP contribution in [0.1, 0.15) is 60.3 Å². The first-order chi connectivity index (χ1) is 15.2. The van der Waals surface area contributed by atoms with E-state index in [0.29, 0.717) is 36.6 Å². The molecule has 0 saturated heterocycles. The Morgan fingerprint density at radius 1 is 1.12 bits per heavy atom. The predicted molar refractivity (Wildman–Crippen MR) is 102 cm³/mol. The van der Waals surface area contributed by atoms with E-state index in [1.165, 1.54) is 6.20 Å². The summed E-state index contributed by atoms with van der Waals surface area (Å²) in [5.41, 5.74) is 1.07. The fourth-order valence-corrected chi connectivity index (χ4v) is 5.19. The van der Waals surface area contributed by atoms with Gasteiger partial charge in [-0.1, -0.05) is 12.1 Å². The van der Waals surface area contributed by atoms with E-state index in [4.69, 9.17) is 4.42 Å². The number of carbonyl (C=O) groups excluding carboxylic acids is 1. The molecule has 11 heteroatoms. The Morgan fingerprint density at radius 2 is 1.84 bits per heavy atom. The molecule has 0 atom stereocenters. The van der Waals surface area contributed by atoms with Crippen LogP contribution < -0.4 is 5.32 Å². The van der Waals surface area contributed by atoms with Crippen LogP contribution in [-0.2, 0) is 10.2 Å². The van der Waals surface area contributed by atoms with Crippen molar-refractivity contribution >= 4 is 16.9 Å². The normalized spacial score (nSPS) is 30.8. The van der Waals surface area contributed by atoms with Crippen molar-refractivity contribution in [1.29, 1.82) is 0 Å². The van der Waals surface area contributed by atoms with Crippen molar-refractivity contribution in [1.82, 2.24) is 25.5 Å². The zero-order chi connectivity index (χ0) is 22.1. The molecule has 2 heterocycles. The van der Waals surface area contributed by atoms with E-state index in [1.54, 1.807) is 0 Å². The summed E-state index contributed by atoms with van der Waals surface area (Å²) in [5, 5.41) is 11.2. The SMILES string of the molecule is O=C(NC12CC(c3nnc(C4CC(OC(F)(F)F)C4)o3)(C1)C2)c1cnc2ccccc2n1. The molecule has 4 fully saturated rings. The highest BCUT2D eigenvalue weighted by atomic mass is 19.4. The van der Waals surface area contributed by atoms with Crippen LogP contribution in [0.3, 0.4) is 0 Å². The van der Waals surface area contributed by atoms with Gasteiger partial charge in [0.2, 0.25) is 11.8 Å². The number of carbonyl (C=O) groups is 1. The molecule has 0 unspecified atom stereocenters. The first kappa shape index (κ1) is 19.6. The molecule has 2 aromatic heterocycles. The molecule has 1 aromatic carbocycles. The van der Waals surface area contributed by atoms with Crippen molar-refractivity contribution in [2.45, 2.75) is 61.4 Å². The molecule has 1 N–H and O–H groups in total. The molecular weight excluding hydrogens is 427 g/mol. The maximum absolute atomic E-state index is 12.7. The third-order valence-electron chi connectivity index (χ3n) is 6.73. The van der Waals surface area contributed by atoms with Crippen molar-refractivity contribution in [2.75, 3.05) is 0 Å². The Labute approximate surface area is 179 Å². The number of ether oxygens (including phenoxy) is 1. The van der Waals surface area contributed by atoms with Gasteiger partial charge < -0.3 is 9.73 Å². The fourth-order valence-electron chi connectivity index (χ4n) is 5.19. The van der Waals surface area contributed by atoms with Crippen LogP contribution >= 0.6 is 0 Å². The molecule has 0 aliphatic heterocycles. The van der Waals surface area contributed by atoms with E-state index >= 15 is 0 Å². The smallest absolute Gasteiger partial charge is 0.424 e. The number of amides is 1. The molecular formula is C21H18F3N5O3. The Hall–Kier alpha value is -3.08. The van der Waals surface area contributed by atoms with Gasteiger partial charge in [-0.15, -0.1) is 23.4 Å². The van der Waals surface area contributed by atoms with Gasteiger partial charge in [0.15, 0.2) is 0 Å². The number of hydrogen-bond acceptors (Lipinski definition) is 7. The van der Waals surface area contributed by atoms with E-state index in [0.717, 1.165) is 5.52 Å². The average Bonchev–Trinajstić information content (AvgIpc) is 3.14. The molecule has 3 aromatic rings. The number of benzene rings is 1. The van der Waals surface area contributed by atoms with Crippen LogP contribution in [0.2, 0.25) is 0 Å². The molecule has 1 amide bonds. The van der Waals surface area contributed by atoms with Crippen LogP contribution in [0.15, 0.2) is 34.9 Å². The number of halogens is 3. The molecule has 2 bridgehead atoms. The minimum atomic E-state index is -4.63. The number of nitrogens with zero attached hydrogens (tertiary/aromatic N) is 4. The summed E-state index contributed by atoms with van der Waals surface area (Å²) in [6, 6.07) is 7.35. The third kappa shape index (κ3) is 3.14. The lowest BCUT2D eigenvalue weighted by Gasteiger charge is -2.68. The lowest BCUT2D eigenvalue weighted by atomic mass is 9.39. The highest BCUT2D eigenvalue weighted by molar-refractivity contribution is 5.94. The first-order valence-electron chi connectivity index (χ1n) is 10.4. The van der Waals surface area contributed by atoms with Gasteiger partial charge in [0.25, 0.3) is 5.91 Å². The second-order valence-electron chi connectivity index (χ2n) is 9.09. The van der Waals surface area contributed by atoms with Gasteiger partial charge in [0.05, 0.1) is 28.7 Å². The van der Waals surface area contributed by atoms with Crippen LogP contribution in [0, 0.1) is 0 Å². The van der Waals surface area contributed by atoms with Crippen molar-refractivity contribution in [3.05, 3.63) is 47.9 Å². The monoisotopic (exact) mass is 445 g/mol. The number of alkyl halides is 3. The molecule has 166 valence electrons. The molecule has 32 heavy (non-hydrogen) atoms. The van der Waals surface area contributed by atoms with Gasteiger partial charge in [-0.25, -0.2) is 4.98 Å². The molecule has 0 radical (unpaired) electrons. The van der Waals surface area contributed by atoms with Crippen LogP contribution in [0.25, 0.3) is 11.0 Å². The fraction of sp³-hybridized carbons (Fsp3) is 0.476. The summed E-state index contributed by atoms with van der Waals surface area (Å²) in [6.07, 6.45) is -1.56. The maximum Gasteiger partial charge on any atom is 0.522 e. The van der Waals surface area contributed by atoms with E-state index in [2.05, 4.69) is 30.2 Å². The second kappa shape index (κ2) is 6.47. The highest BCUT2D eigenvalue weighted by Crippen LogP contribution is 2.67. The molecule has 4 aliphatic rings. The van der Waals surface area contributed by atoms with Crippen molar-refractivity contribution in [3.63, 3.8) is 0 Å². The van der Waals surface area contributed by atoms with Crippen LogP contribution in [-0.4, -0.2) is 44.1 Å². The largest absolute Gasteiger partial charge is 0.522 e. The van der Waals surface area contributed by atoms with Crippen LogP contribution in [0.4, 0.5) is 13.2 Å². The van der Waals surface area contributed by atoms with E-state index in [-0.39, 0.29) is 41.3 Å². The second-order valence-corrected chi connectivity index (χ2v) is 9.09. The molecule has 7 rings (SSSR count). The summed E-state index contributed by atoms with van der Waals surface area (Å²) >= 11 is 0. The van der Waals surface area contributed by atoms with Crippen molar-refractivity contribution in [2.24, 2.45) is 0 Å². The summed E-state index contributed by atoms with van der Waals surface area (Å²) in [5.74, 6) is 0.370.